The van der Waals surface area contributed by atoms with Gasteiger partial charge in [0.1, 0.15) is 0 Å². The first kappa shape index (κ1) is 10.9. The minimum Gasteiger partial charge on any atom is -0.190 e. The van der Waals surface area contributed by atoms with E-state index >= 15 is 0 Å². The molecule has 0 saturated heterocycles. The van der Waals surface area contributed by atoms with Gasteiger partial charge in [-0.3, -0.25) is 0 Å². The van der Waals surface area contributed by atoms with Crippen molar-refractivity contribution in [1.82, 2.24) is 0 Å². The van der Waals surface area contributed by atoms with Crippen molar-refractivity contribution in [3.05, 3.63) is 41.5 Å². The Bertz CT molecular complexity index is 616. The van der Waals surface area contributed by atoms with Crippen LogP contribution in [-0.2, 0) is 0 Å². The van der Waals surface area contributed by atoms with Gasteiger partial charge in [0, 0.05) is 4.70 Å². The third kappa shape index (κ3) is 1.47. The topological polar surface area (TPSA) is 0 Å². The molecule has 2 aromatic carbocycles. The Morgan fingerprint density at radius 1 is 1.13 bits per heavy atom. The minimum absolute atomic E-state index is 0. The quantitative estimate of drug-likeness (QED) is 0.385. The molecule has 0 radical (unpaired) electrons. The summed E-state index contributed by atoms with van der Waals surface area (Å²) in [5, 5.41) is 2.88. The standard InChI is InChI=1S/C13H11S.Li/c1-8-7-12-13(9(8)2)10-5-3-4-6-11(10)14-12;/h3-7H,1-2H3;/q-1;+1. The number of aryl methyl sites for hydroxylation is 2. The van der Waals surface area contributed by atoms with Crippen LogP contribution < -0.4 is 18.9 Å². The summed E-state index contributed by atoms with van der Waals surface area (Å²) in [4.78, 5) is 0. The van der Waals surface area contributed by atoms with Crippen molar-refractivity contribution in [2.45, 2.75) is 13.8 Å². The third-order valence-corrected chi connectivity index (χ3v) is 4.05. The average Bonchev–Trinajstić information content (AvgIpc) is 2.65. The van der Waals surface area contributed by atoms with E-state index in [2.05, 4.69) is 44.2 Å². The predicted octanol–water partition coefficient (Wildman–Crippen LogP) is 1.39. The molecule has 0 N–H and O–H groups in total. The summed E-state index contributed by atoms with van der Waals surface area (Å²) in [6, 6.07) is 11.0. The molecule has 0 atom stereocenters. The molecule has 0 aliphatic carbocycles. The molecule has 2 heteroatoms. The van der Waals surface area contributed by atoms with Crippen LogP contribution in [0.4, 0.5) is 0 Å². The third-order valence-electron chi connectivity index (χ3n) is 2.94. The number of fused-ring (bicyclic) bond motifs is 3. The predicted molar refractivity (Wildman–Crippen MR) is 64.4 cm³/mol. The van der Waals surface area contributed by atoms with Gasteiger partial charge in [-0.05, 0) is 6.07 Å². The SMILES string of the molecule is Cc1[cH-]c2sc3ccccc3c2c1C.[Li+]. The molecule has 0 fully saturated rings. The smallest absolute Gasteiger partial charge is 0.190 e. The molecule has 0 spiro atoms. The van der Waals surface area contributed by atoms with Crippen LogP contribution in [0.25, 0.3) is 20.2 Å². The number of thiophene rings is 1. The van der Waals surface area contributed by atoms with E-state index < -0.39 is 0 Å². The van der Waals surface area contributed by atoms with Crippen LogP contribution in [-0.4, -0.2) is 0 Å². The van der Waals surface area contributed by atoms with Gasteiger partial charge in [0.25, 0.3) is 0 Å². The van der Waals surface area contributed by atoms with E-state index in [9.17, 15) is 0 Å². The summed E-state index contributed by atoms with van der Waals surface area (Å²) in [7, 11) is 0. The summed E-state index contributed by atoms with van der Waals surface area (Å²) in [5.74, 6) is 0. The maximum absolute atomic E-state index is 2.30. The summed E-state index contributed by atoms with van der Waals surface area (Å²) >= 11 is 1.90. The molecule has 15 heavy (non-hydrogen) atoms. The Morgan fingerprint density at radius 2 is 1.87 bits per heavy atom. The van der Waals surface area contributed by atoms with Crippen molar-refractivity contribution in [2.75, 3.05) is 0 Å². The molecular formula is C13H11LiS. The molecule has 70 valence electrons. The van der Waals surface area contributed by atoms with Gasteiger partial charge in [0.15, 0.2) is 0 Å². The fourth-order valence-corrected chi connectivity index (χ4v) is 3.32. The molecule has 0 unspecified atom stereocenters. The number of hydrogen-bond donors (Lipinski definition) is 0. The van der Waals surface area contributed by atoms with Gasteiger partial charge < -0.3 is 0 Å². The van der Waals surface area contributed by atoms with Crippen LogP contribution >= 0.6 is 11.3 Å². The van der Waals surface area contributed by atoms with E-state index in [-0.39, 0.29) is 18.9 Å². The van der Waals surface area contributed by atoms with Crippen molar-refractivity contribution in [2.24, 2.45) is 0 Å². The number of rotatable bonds is 0. The zero-order valence-electron chi connectivity index (χ0n) is 9.29. The minimum atomic E-state index is 0. The van der Waals surface area contributed by atoms with E-state index in [0.29, 0.717) is 0 Å². The van der Waals surface area contributed by atoms with E-state index in [4.69, 9.17) is 0 Å². The van der Waals surface area contributed by atoms with E-state index in [1.807, 2.05) is 11.3 Å². The fraction of sp³-hybridized carbons (Fsp3) is 0.154. The summed E-state index contributed by atoms with van der Waals surface area (Å²) in [6.07, 6.45) is 0. The molecule has 0 saturated carbocycles. The summed E-state index contributed by atoms with van der Waals surface area (Å²) in [5.41, 5.74) is 2.86. The zero-order chi connectivity index (χ0) is 9.71. The molecule has 1 heterocycles. The molecule has 3 rings (SSSR count). The Hall–Kier alpha value is -0.613. The van der Waals surface area contributed by atoms with E-state index in [1.54, 1.807) is 0 Å². The van der Waals surface area contributed by atoms with Crippen molar-refractivity contribution in [1.29, 1.82) is 0 Å². The Labute approximate surface area is 105 Å². The number of benzene rings is 1. The normalized spacial score (nSPS) is 10.8. The second-order valence-corrected chi connectivity index (χ2v) is 4.87. The van der Waals surface area contributed by atoms with E-state index in [0.717, 1.165) is 0 Å². The first-order valence-electron chi connectivity index (χ1n) is 4.81. The Kier molecular flexibility index (Phi) is 2.73. The van der Waals surface area contributed by atoms with Gasteiger partial charge in [-0.2, -0.15) is 28.5 Å². The summed E-state index contributed by atoms with van der Waals surface area (Å²) in [6.45, 7) is 4.41. The average molecular weight is 206 g/mol. The van der Waals surface area contributed by atoms with Crippen LogP contribution in [0.2, 0.25) is 0 Å². The first-order valence-corrected chi connectivity index (χ1v) is 5.63. The fourth-order valence-electron chi connectivity index (χ4n) is 2.05. The van der Waals surface area contributed by atoms with Crippen molar-refractivity contribution >= 4 is 31.5 Å². The monoisotopic (exact) mass is 206 g/mol. The molecular weight excluding hydrogens is 195 g/mol. The maximum Gasteiger partial charge on any atom is 1.00 e. The molecule has 0 aliphatic heterocycles. The van der Waals surface area contributed by atoms with Crippen LogP contribution in [0, 0.1) is 13.8 Å². The van der Waals surface area contributed by atoms with Gasteiger partial charge in [-0.1, -0.05) is 42.1 Å². The summed E-state index contributed by atoms with van der Waals surface area (Å²) < 4.78 is 2.84. The zero-order valence-corrected chi connectivity index (χ0v) is 10.1. The van der Waals surface area contributed by atoms with Gasteiger partial charge in [0.05, 0.1) is 0 Å². The van der Waals surface area contributed by atoms with Crippen LogP contribution in [0.5, 0.6) is 0 Å². The van der Waals surface area contributed by atoms with Gasteiger partial charge in [0.2, 0.25) is 0 Å². The molecule has 0 nitrogen and oxygen atoms in total. The molecule has 1 aromatic heterocycles. The maximum atomic E-state index is 2.30. The Balaban J connectivity index is 0.000000853. The van der Waals surface area contributed by atoms with Crippen LogP contribution in [0.1, 0.15) is 11.1 Å². The van der Waals surface area contributed by atoms with Gasteiger partial charge >= 0.3 is 18.9 Å². The molecule has 3 aromatic rings. The van der Waals surface area contributed by atoms with Crippen molar-refractivity contribution in [3.63, 3.8) is 0 Å². The molecule has 0 bridgehead atoms. The van der Waals surface area contributed by atoms with Crippen molar-refractivity contribution < 1.29 is 18.9 Å². The van der Waals surface area contributed by atoms with Crippen molar-refractivity contribution in [3.8, 4) is 0 Å². The van der Waals surface area contributed by atoms with Crippen LogP contribution in [0.3, 0.4) is 0 Å². The molecule has 0 aliphatic rings. The van der Waals surface area contributed by atoms with Gasteiger partial charge in [-0.15, -0.1) is 5.39 Å². The first-order chi connectivity index (χ1) is 6.77. The number of hydrogen-bond acceptors (Lipinski definition) is 1. The second kappa shape index (κ2) is 3.76. The Morgan fingerprint density at radius 3 is 2.67 bits per heavy atom. The van der Waals surface area contributed by atoms with E-state index in [1.165, 1.54) is 31.3 Å². The van der Waals surface area contributed by atoms with Gasteiger partial charge in [-0.25, -0.2) is 0 Å². The largest absolute Gasteiger partial charge is 1.00 e. The second-order valence-electron chi connectivity index (χ2n) is 3.79. The molecule has 0 amide bonds. The van der Waals surface area contributed by atoms with Crippen LogP contribution in [0.15, 0.2) is 30.3 Å².